The van der Waals surface area contributed by atoms with Crippen molar-refractivity contribution in [3.05, 3.63) is 0 Å². The first-order valence-electron chi connectivity index (χ1n) is 7.28. The Bertz CT molecular complexity index is 434. The van der Waals surface area contributed by atoms with Crippen LogP contribution < -0.4 is 5.73 Å². The number of hydrogen-bond acceptors (Lipinski definition) is 4. The predicted octanol–water partition coefficient (Wildman–Crippen LogP) is 1.68. The van der Waals surface area contributed by atoms with Gasteiger partial charge in [0.15, 0.2) is 0 Å². The lowest BCUT2D eigenvalue weighted by Gasteiger charge is -2.41. The second-order valence-corrected chi connectivity index (χ2v) is 8.84. The number of sulfone groups is 1. The van der Waals surface area contributed by atoms with E-state index in [0.717, 1.165) is 25.7 Å². The number of carbonyl (C=O) groups is 1. The van der Waals surface area contributed by atoms with Crippen molar-refractivity contribution in [1.29, 1.82) is 0 Å². The molecule has 0 spiro atoms. The van der Waals surface area contributed by atoms with Crippen LogP contribution >= 0.6 is 0 Å². The molecule has 0 radical (unpaired) electrons. The maximum Gasteiger partial charge on any atom is 0.150 e. The van der Waals surface area contributed by atoms with Gasteiger partial charge >= 0.3 is 0 Å². The summed E-state index contributed by atoms with van der Waals surface area (Å²) in [5.74, 6) is 0.191. The van der Waals surface area contributed by atoms with Gasteiger partial charge in [0.1, 0.15) is 15.6 Å². The van der Waals surface area contributed by atoms with E-state index in [2.05, 4.69) is 0 Å². The van der Waals surface area contributed by atoms with Crippen molar-refractivity contribution in [3.8, 4) is 0 Å². The lowest BCUT2D eigenvalue weighted by Crippen LogP contribution is -2.41. The van der Waals surface area contributed by atoms with Gasteiger partial charge in [-0.25, -0.2) is 8.42 Å². The molecule has 0 saturated heterocycles. The van der Waals surface area contributed by atoms with Gasteiger partial charge in [0.25, 0.3) is 0 Å². The molecular formula is C14H25NO3S. The number of nitrogens with two attached hydrogens (primary N) is 1. The fraction of sp³-hybridized carbons (Fsp3) is 0.929. The van der Waals surface area contributed by atoms with E-state index in [4.69, 9.17) is 5.73 Å². The molecule has 2 saturated carbocycles. The van der Waals surface area contributed by atoms with Gasteiger partial charge in [-0.3, -0.25) is 4.79 Å². The lowest BCUT2D eigenvalue weighted by molar-refractivity contribution is -0.127. The molecule has 0 amide bonds. The van der Waals surface area contributed by atoms with Gasteiger partial charge in [0.05, 0.1) is 5.25 Å². The number of carbonyl (C=O) groups excluding carboxylic acids is 1. The molecule has 0 aliphatic heterocycles. The molecule has 0 heterocycles. The zero-order chi connectivity index (χ0) is 14.1. The third-order valence-electron chi connectivity index (χ3n) is 5.08. The van der Waals surface area contributed by atoms with Crippen LogP contribution in [0, 0.1) is 11.3 Å². The first-order valence-corrected chi connectivity index (χ1v) is 9.23. The van der Waals surface area contributed by atoms with Gasteiger partial charge in [-0.2, -0.15) is 0 Å². The van der Waals surface area contributed by atoms with E-state index in [0.29, 0.717) is 25.8 Å². The first kappa shape index (κ1) is 15.0. The van der Waals surface area contributed by atoms with E-state index in [-0.39, 0.29) is 22.4 Å². The summed E-state index contributed by atoms with van der Waals surface area (Å²) < 4.78 is 23.3. The summed E-state index contributed by atoms with van der Waals surface area (Å²) in [6.07, 6.45) is 8.07. The molecule has 2 N–H and O–H groups in total. The van der Waals surface area contributed by atoms with Crippen LogP contribution in [0.2, 0.25) is 0 Å². The quantitative estimate of drug-likeness (QED) is 0.834. The Hall–Kier alpha value is -0.420. The van der Waals surface area contributed by atoms with Crippen molar-refractivity contribution >= 4 is 15.6 Å². The van der Waals surface area contributed by atoms with Gasteiger partial charge in [-0.05, 0) is 44.1 Å². The predicted molar refractivity (Wildman–Crippen MR) is 75.6 cm³/mol. The topological polar surface area (TPSA) is 77.2 Å². The fourth-order valence-corrected chi connectivity index (χ4v) is 4.65. The second-order valence-electron chi connectivity index (χ2n) is 6.52. The van der Waals surface area contributed by atoms with Crippen LogP contribution in [-0.4, -0.2) is 32.3 Å². The van der Waals surface area contributed by atoms with Crippen molar-refractivity contribution in [3.63, 3.8) is 0 Å². The molecule has 0 aromatic rings. The minimum absolute atomic E-state index is 0.0368. The molecule has 2 aliphatic rings. The van der Waals surface area contributed by atoms with Crippen LogP contribution in [0.15, 0.2) is 0 Å². The number of hydrogen-bond donors (Lipinski definition) is 1. The summed E-state index contributed by atoms with van der Waals surface area (Å²) in [4.78, 5) is 12.4. The van der Waals surface area contributed by atoms with Crippen LogP contribution in [0.25, 0.3) is 0 Å². The van der Waals surface area contributed by atoms with E-state index in [1.807, 2.05) is 0 Å². The number of ketones is 1. The molecule has 2 fully saturated rings. The smallest absolute Gasteiger partial charge is 0.150 e. The minimum atomic E-state index is -3.01. The van der Waals surface area contributed by atoms with Crippen molar-refractivity contribution in [2.75, 3.05) is 12.8 Å². The summed E-state index contributed by atoms with van der Waals surface area (Å²) in [6.45, 7) is 0.584. The van der Waals surface area contributed by atoms with Gasteiger partial charge in [-0.1, -0.05) is 12.8 Å². The molecule has 19 heavy (non-hydrogen) atoms. The highest BCUT2D eigenvalue weighted by Gasteiger charge is 2.40. The van der Waals surface area contributed by atoms with Crippen LogP contribution in [0.1, 0.15) is 51.4 Å². The highest BCUT2D eigenvalue weighted by molar-refractivity contribution is 7.91. The molecule has 2 unspecified atom stereocenters. The summed E-state index contributed by atoms with van der Waals surface area (Å²) in [5.41, 5.74) is 5.83. The number of rotatable bonds is 5. The molecule has 0 aromatic carbocycles. The van der Waals surface area contributed by atoms with Gasteiger partial charge in [0, 0.05) is 18.6 Å². The molecule has 2 rings (SSSR count). The van der Waals surface area contributed by atoms with E-state index in [1.54, 1.807) is 0 Å². The maximum absolute atomic E-state index is 12.4. The maximum atomic E-state index is 12.4. The van der Waals surface area contributed by atoms with Crippen LogP contribution in [-0.2, 0) is 14.6 Å². The lowest BCUT2D eigenvalue weighted by atomic mass is 9.64. The third-order valence-corrected chi connectivity index (χ3v) is 6.72. The monoisotopic (exact) mass is 287 g/mol. The first-order chi connectivity index (χ1) is 8.86. The fourth-order valence-electron chi connectivity index (χ4n) is 3.47. The molecule has 110 valence electrons. The second kappa shape index (κ2) is 5.52. The summed E-state index contributed by atoms with van der Waals surface area (Å²) in [7, 11) is -3.01. The highest BCUT2D eigenvalue weighted by Crippen LogP contribution is 2.44. The van der Waals surface area contributed by atoms with Gasteiger partial charge < -0.3 is 5.73 Å². The standard InChI is InChI=1S/C14H25NO3S/c1-19(17,18)12-5-2-4-11(8-12)13(16)9-14(10-15)6-3-7-14/h11-12H,2-10,15H2,1H3. The van der Waals surface area contributed by atoms with E-state index in [1.165, 1.54) is 12.7 Å². The van der Waals surface area contributed by atoms with Crippen LogP contribution in [0.4, 0.5) is 0 Å². The Morgan fingerprint density at radius 2 is 1.95 bits per heavy atom. The Kier molecular flexibility index (Phi) is 4.35. The molecule has 4 nitrogen and oxygen atoms in total. The molecule has 5 heteroatoms. The molecular weight excluding hydrogens is 262 g/mol. The van der Waals surface area contributed by atoms with Crippen LogP contribution in [0.5, 0.6) is 0 Å². The molecule has 0 bridgehead atoms. The Morgan fingerprint density at radius 1 is 1.26 bits per heavy atom. The Morgan fingerprint density at radius 3 is 2.42 bits per heavy atom. The normalized spacial score (nSPS) is 30.6. The zero-order valence-corrected chi connectivity index (χ0v) is 12.5. The van der Waals surface area contributed by atoms with Crippen molar-refractivity contribution in [2.45, 2.75) is 56.6 Å². The largest absolute Gasteiger partial charge is 0.330 e. The average molecular weight is 287 g/mol. The summed E-state index contributed by atoms with van der Waals surface area (Å²) >= 11 is 0. The molecule has 2 aliphatic carbocycles. The van der Waals surface area contributed by atoms with Gasteiger partial charge in [-0.15, -0.1) is 0 Å². The number of Topliss-reactive ketones (excluding diaryl/α,β-unsaturated/α-hetero) is 1. The van der Waals surface area contributed by atoms with E-state index < -0.39 is 9.84 Å². The third kappa shape index (κ3) is 3.37. The van der Waals surface area contributed by atoms with Crippen molar-refractivity contribution in [1.82, 2.24) is 0 Å². The molecule has 2 atom stereocenters. The van der Waals surface area contributed by atoms with Crippen molar-refractivity contribution in [2.24, 2.45) is 17.1 Å². The van der Waals surface area contributed by atoms with Crippen LogP contribution in [0.3, 0.4) is 0 Å². The van der Waals surface area contributed by atoms with E-state index in [9.17, 15) is 13.2 Å². The van der Waals surface area contributed by atoms with Crippen molar-refractivity contribution < 1.29 is 13.2 Å². The minimum Gasteiger partial charge on any atom is -0.330 e. The summed E-state index contributed by atoms with van der Waals surface area (Å²) in [6, 6.07) is 0. The summed E-state index contributed by atoms with van der Waals surface area (Å²) in [5, 5.41) is -0.314. The molecule has 0 aromatic heterocycles. The average Bonchev–Trinajstić information content (AvgIpc) is 2.32. The van der Waals surface area contributed by atoms with Gasteiger partial charge in [0.2, 0.25) is 0 Å². The Labute approximate surface area is 116 Å². The Balaban J connectivity index is 1.96. The highest BCUT2D eigenvalue weighted by atomic mass is 32.2. The SMILES string of the molecule is CS(=O)(=O)C1CCCC(C(=O)CC2(CN)CCC2)C1. The van der Waals surface area contributed by atoms with E-state index >= 15 is 0 Å². The zero-order valence-electron chi connectivity index (χ0n) is 11.7.